The Labute approximate surface area is 102 Å². The summed E-state index contributed by atoms with van der Waals surface area (Å²) < 4.78 is 56.2. The quantitative estimate of drug-likeness (QED) is 0.791. The molecule has 0 radical (unpaired) electrons. The summed E-state index contributed by atoms with van der Waals surface area (Å²) in [6.45, 7) is 0.697. The smallest absolute Gasteiger partial charge is 0.379 e. The van der Waals surface area contributed by atoms with Crippen molar-refractivity contribution in [2.75, 3.05) is 13.2 Å². The Bertz CT molecular complexity index is 438. The van der Waals surface area contributed by atoms with Gasteiger partial charge in [-0.3, -0.25) is 0 Å². The minimum Gasteiger partial charge on any atom is -0.379 e. The van der Waals surface area contributed by atoms with E-state index in [9.17, 15) is 17.6 Å². The minimum atomic E-state index is -4.72. The fourth-order valence-electron chi connectivity index (χ4n) is 2.10. The zero-order chi connectivity index (χ0) is 13.4. The predicted octanol–water partition coefficient (Wildman–Crippen LogP) is 2.81. The molecule has 2 rings (SSSR count). The highest BCUT2D eigenvalue weighted by atomic mass is 19.4. The van der Waals surface area contributed by atoms with Crippen LogP contribution >= 0.6 is 0 Å². The van der Waals surface area contributed by atoms with E-state index in [1.54, 1.807) is 0 Å². The number of halogens is 4. The summed E-state index contributed by atoms with van der Waals surface area (Å²) in [4.78, 5) is 0. The second kappa shape index (κ2) is 4.51. The number of ether oxygens (including phenoxy) is 1. The Hall–Kier alpha value is -1.14. The molecule has 2 nitrogen and oxygen atoms in total. The third kappa shape index (κ3) is 2.49. The van der Waals surface area contributed by atoms with Crippen molar-refractivity contribution in [2.45, 2.75) is 24.6 Å². The monoisotopic (exact) mass is 263 g/mol. The van der Waals surface area contributed by atoms with Gasteiger partial charge in [-0.2, -0.15) is 13.2 Å². The van der Waals surface area contributed by atoms with E-state index in [4.69, 9.17) is 10.5 Å². The third-order valence-corrected chi connectivity index (χ3v) is 3.12. The van der Waals surface area contributed by atoms with Gasteiger partial charge in [-0.15, -0.1) is 0 Å². The lowest BCUT2D eigenvalue weighted by Gasteiger charge is -2.34. The van der Waals surface area contributed by atoms with Gasteiger partial charge in [0.2, 0.25) is 0 Å². The fourth-order valence-corrected chi connectivity index (χ4v) is 2.10. The summed E-state index contributed by atoms with van der Waals surface area (Å²) in [6.07, 6.45) is -3.52. The lowest BCUT2D eigenvalue weighted by Crippen LogP contribution is -2.44. The molecule has 1 aliphatic heterocycles. The fraction of sp³-hybridized carbons (Fsp3) is 0.500. The highest BCUT2D eigenvalue weighted by Crippen LogP contribution is 2.35. The minimum absolute atomic E-state index is 0.149. The van der Waals surface area contributed by atoms with Crippen molar-refractivity contribution in [3.05, 3.63) is 35.1 Å². The topological polar surface area (TPSA) is 35.2 Å². The molecule has 1 aromatic rings. The normalized spacial score (nSPS) is 25.2. The molecule has 1 aliphatic rings. The third-order valence-electron chi connectivity index (χ3n) is 3.12. The van der Waals surface area contributed by atoms with Crippen molar-refractivity contribution >= 4 is 0 Å². The molecule has 100 valence electrons. The van der Waals surface area contributed by atoms with Crippen LogP contribution in [0.4, 0.5) is 17.6 Å². The van der Waals surface area contributed by atoms with Crippen LogP contribution in [0.15, 0.2) is 18.2 Å². The largest absolute Gasteiger partial charge is 0.419 e. The molecule has 1 heterocycles. The Morgan fingerprint density at radius 1 is 1.28 bits per heavy atom. The van der Waals surface area contributed by atoms with Gasteiger partial charge in [0.1, 0.15) is 5.82 Å². The average molecular weight is 263 g/mol. The Morgan fingerprint density at radius 2 is 2.00 bits per heavy atom. The van der Waals surface area contributed by atoms with Gasteiger partial charge in [-0.1, -0.05) is 6.07 Å². The summed E-state index contributed by atoms with van der Waals surface area (Å²) in [5, 5.41) is 0. The number of hydrogen-bond donors (Lipinski definition) is 1. The number of benzene rings is 1. The summed E-state index contributed by atoms with van der Waals surface area (Å²) in [5.74, 6) is -1.29. The summed E-state index contributed by atoms with van der Waals surface area (Å²) >= 11 is 0. The second-order valence-corrected chi connectivity index (χ2v) is 4.50. The van der Waals surface area contributed by atoms with Crippen LogP contribution < -0.4 is 5.73 Å². The van der Waals surface area contributed by atoms with Crippen LogP contribution in [0.2, 0.25) is 0 Å². The van der Waals surface area contributed by atoms with E-state index in [2.05, 4.69) is 0 Å². The van der Waals surface area contributed by atoms with Crippen LogP contribution in [0.1, 0.15) is 24.0 Å². The highest BCUT2D eigenvalue weighted by molar-refractivity contribution is 5.32. The molecule has 0 aliphatic carbocycles. The van der Waals surface area contributed by atoms with E-state index in [0.29, 0.717) is 19.4 Å². The number of rotatable bonds is 1. The first kappa shape index (κ1) is 13.3. The van der Waals surface area contributed by atoms with Gasteiger partial charge in [0.25, 0.3) is 0 Å². The van der Waals surface area contributed by atoms with Crippen LogP contribution in [0.3, 0.4) is 0 Å². The van der Waals surface area contributed by atoms with E-state index in [1.807, 2.05) is 0 Å². The van der Waals surface area contributed by atoms with E-state index in [1.165, 1.54) is 6.07 Å². The Kier molecular flexibility index (Phi) is 3.33. The van der Waals surface area contributed by atoms with Crippen molar-refractivity contribution in [3.63, 3.8) is 0 Å². The lowest BCUT2D eigenvalue weighted by atomic mass is 9.85. The number of nitrogens with two attached hydrogens (primary N) is 1. The van der Waals surface area contributed by atoms with Crippen LogP contribution in [-0.2, 0) is 16.5 Å². The lowest BCUT2D eigenvalue weighted by molar-refractivity contribution is -0.140. The molecule has 0 aromatic heterocycles. The zero-order valence-corrected chi connectivity index (χ0v) is 9.56. The SMILES string of the molecule is NC1(c2ccc(F)c(C(F)(F)F)c2)CCCOC1. The van der Waals surface area contributed by atoms with Crippen molar-refractivity contribution in [1.82, 2.24) is 0 Å². The first-order chi connectivity index (χ1) is 8.33. The molecule has 2 N–H and O–H groups in total. The molecule has 0 spiro atoms. The van der Waals surface area contributed by atoms with E-state index < -0.39 is 23.1 Å². The van der Waals surface area contributed by atoms with E-state index in [0.717, 1.165) is 12.1 Å². The van der Waals surface area contributed by atoms with Crippen LogP contribution in [0, 0.1) is 5.82 Å². The number of hydrogen-bond acceptors (Lipinski definition) is 2. The van der Waals surface area contributed by atoms with Gasteiger partial charge in [-0.25, -0.2) is 4.39 Å². The predicted molar refractivity (Wildman–Crippen MR) is 57.3 cm³/mol. The first-order valence-corrected chi connectivity index (χ1v) is 5.57. The van der Waals surface area contributed by atoms with Crippen molar-refractivity contribution in [2.24, 2.45) is 5.73 Å². The molecule has 1 atom stereocenters. The summed E-state index contributed by atoms with van der Waals surface area (Å²) in [7, 11) is 0. The van der Waals surface area contributed by atoms with Crippen LogP contribution in [0.25, 0.3) is 0 Å². The van der Waals surface area contributed by atoms with Gasteiger partial charge in [-0.05, 0) is 30.5 Å². The first-order valence-electron chi connectivity index (χ1n) is 5.57. The maximum Gasteiger partial charge on any atom is 0.419 e. The van der Waals surface area contributed by atoms with Crippen LogP contribution in [0.5, 0.6) is 0 Å². The maximum atomic E-state index is 13.2. The molecule has 1 aromatic carbocycles. The highest BCUT2D eigenvalue weighted by Gasteiger charge is 2.37. The van der Waals surface area contributed by atoms with Gasteiger partial charge >= 0.3 is 6.18 Å². The van der Waals surface area contributed by atoms with E-state index >= 15 is 0 Å². The van der Waals surface area contributed by atoms with E-state index in [-0.39, 0.29) is 12.2 Å². The molecular weight excluding hydrogens is 250 g/mol. The second-order valence-electron chi connectivity index (χ2n) is 4.50. The summed E-state index contributed by atoms with van der Waals surface area (Å²) in [5.41, 5.74) is 4.04. The average Bonchev–Trinajstić information content (AvgIpc) is 2.28. The molecule has 1 unspecified atom stereocenters. The molecule has 1 fully saturated rings. The molecular formula is C12H13F4NO. The molecule has 0 amide bonds. The summed E-state index contributed by atoms with van der Waals surface area (Å²) in [6, 6.07) is 2.88. The van der Waals surface area contributed by atoms with Gasteiger partial charge in [0.05, 0.1) is 17.7 Å². The van der Waals surface area contributed by atoms with Crippen molar-refractivity contribution < 1.29 is 22.3 Å². The molecule has 6 heteroatoms. The van der Waals surface area contributed by atoms with Gasteiger partial charge in [0, 0.05) is 6.61 Å². The van der Waals surface area contributed by atoms with Crippen molar-refractivity contribution in [3.8, 4) is 0 Å². The molecule has 18 heavy (non-hydrogen) atoms. The van der Waals surface area contributed by atoms with Crippen molar-refractivity contribution in [1.29, 1.82) is 0 Å². The van der Waals surface area contributed by atoms with Gasteiger partial charge in [0.15, 0.2) is 0 Å². The standard InChI is InChI=1S/C12H13F4NO/c13-10-3-2-8(6-9(10)12(14,15)16)11(17)4-1-5-18-7-11/h2-3,6H,1,4-5,7,17H2. The molecule has 1 saturated heterocycles. The Morgan fingerprint density at radius 3 is 2.56 bits per heavy atom. The molecule has 0 saturated carbocycles. The van der Waals surface area contributed by atoms with Gasteiger partial charge < -0.3 is 10.5 Å². The van der Waals surface area contributed by atoms with Crippen LogP contribution in [-0.4, -0.2) is 13.2 Å². The maximum absolute atomic E-state index is 13.2. The molecule has 0 bridgehead atoms. The Balaban J connectivity index is 2.40. The number of alkyl halides is 3. The zero-order valence-electron chi connectivity index (χ0n) is 9.56.